The second kappa shape index (κ2) is 11.6. The van der Waals surface area contributed by atoms with Gasteiger partial charge < -0.3 is 9.64 Å². The van der Waals surface area contributed by atoms with E-state index in [9.17, 15) is 4.79 Å². The van der Waals surface area contributed by atoms with Crippen molar-refractivity contribution in [2.45, 2.75) is 44.6 Å². The maximum absolute atomic E-state index is 13.6. The van der Waals surface area contributed by atoms with Gasteiger partial charge in [-0.05, 0) is 49.2 Å². The lowest BCUT2D eigenvalue weighted by atomic mass is 9.88. The summed E-state index contributed by atoms with van der Waals surface area (Å²) in [5.74, 6) is 1.56. The van der Waals surface area contributed by atoms with Crippen LogP contribution in [-0.2, 0) is 6.61 Å². The van der Waals surface area contributed by atoms with Gasteiger partial charge in [0.15, 0.2) is 0 Å². The average molecular weight is 550 g/mol. The minimum Gasteiger partial charge on any atom is -0.488 e. The molecular formula is C30H30Cl2N4O2. The van der Waals surface area contributed by atoms with Crippen molar-refractivity contribution in [2.24, 2.45) is 5.10 Å². The van der Waals surface area contributed by atoms with Crippen LogP contribution in [0.5, 0.6) is 5.75 Å². The molecule has 1 fully saturated rings. The molecule has 3 aromatic carbocycles. The third-order valence-corrected chi connectivity index (χ3v) is 7.56. The summed E-state index contributed by atoms with van der Waals surface area (Å²) in [5, 5.41) is 6.37. The summed E-state index contributed by atoms with van der Waals surface area (Å²) in [6, 6.07) is 18.7. The molecule has 1 saturated carbocycles. The number of ether oxygens (including phenoxy) is 1. The molecule has 196 valence electrons. The van der Waals surface area contributed by atoms with Crippen LogP contribution in [0, 0.1) is 0 Å². The second-order valence-corrected chi connectivity index (χ2v) is 10.7. The molecule has 1 aliphatic rings. The predicted molar refractivity (Wildman–Crippen MR) is 156 cm³/mol. The van der Waals surface area contributed by atoms with E-state index < -0.39 is 0 Å². The Hall–Kier alpha value is -3.35. The fourth-order valence-corrected chi connectivity index (χ4v) is 5.29. The SMILES string of the molecule is CN(C)c1ccc(C=Nn2c(C3CCCCC3)nc3ccccc3c2=O)c(OCc2ccc(Cl)cc2Cl)c1. The number of aromatic nitrogens is 2. The van der Waals surface area contributed by atoms with E-state index in [1.165, 1.54) is 11.1 Å². The first-order valence-corrected chi connectivity index (χ1v) is 13.6. The van der Waals surface area contributed by atoms with Gasteiger partial charge in [-0.3, -0.25) is 4.79 Å². The summed E-state index contributed by atoms with van der Waals surface area (Å²) in [6.07, 6.45) is 7.18. The Kier molecular flexibility index (Phi) is 8.01. The summed E-state index contributed by atoms with van der Waals surface area (Å²) < 4.78 is 7.71. The number of hydrogen-bond acceptors (Lipinski definition) is 5. The van der Waals surface area contributed by atoms with Gasteiger partial charge in [-0.15, -0.1) is 0 Å². The Bertz CT molecular complexity index is 1540. The van der Waals surface area contributed by atoms with Crippen LogP contribution in [-0.4, -0.2) is 30.0 Å². The van der Waals surface area contributed by atoms with Crippen LogP contribution in [0.1, 0.15) is 55.0 Å². The fraction of sp³-hybridized carbons (Fsp3) is 0.300. The number of halogens is 2. The van der Waals surface area contributed by atoms with Gasteiger partial charge in [0, 0.05) is 52.9 Å². The average Bonchev–Trinajstić information content (AvgIpc) is 2.92. The van der Waals surface area contributed by atoms with Crippen LogP contribution in [0.15, 0.2) is 70.6 Å². The molecule has 1 heterocycles. The molecule has 38 heavy (non-hydrogen) atoms. The monoisotopic (exact) mass is 548 g/mol. The molecule has 8 heteroatoms. The van der Waals surface area contributed by atoms with Crippen molar-refractivity contribution in [2.75, 3.05) is 19.0 Å². The zero-order valence-corrected chi connectivity index (χ0v) is 23.0. The van der Waals surface area contributed by atoms with Crippen LogP contribution >= 0.6 is 23.2 Å². The number of rotatable bonds is 7. The fourth-order valence-electron chi connectivity index (χ4n) is 4.82. The van der Waals surface area contributed by atoms with E-state index in [4.69, 9.17) is 38.0 Å². The number of nitrogens with zero attached hydrogens (tertiary/aromatic N) is 4. The van der Waals surface area contributed by atoms with Gasteiger partial charge in [0.05, 0.1) is 17.1 Å². The molecule has 0 amide bonds. The van der Waals surface area contributed by atoms with Crippen LogP contribution in [0.3, 0.4) is 0 Å². The van der Waals surface area contributed by atoms with Gasteiger partial charge >= 0.3 is 0 Å². The Morgan fingerprint density at radius 1 is 1.05 bits per heavy atom. The Morgan fingerprint density at radius 3 is 2.61 bits per heavy atom. The van der Waals surface area contributed by atoms with E-state index in [1.807, 2.05) is 61.5 Å². The van der Waals surface area contributed by atoms with Crippen molar-refractivity contribution in [1.82, 2.24) is 9.66 Å². The molecular weight excluding hydrogens is 519 g/mol. The molecule has 0 bridgehead atoms. The Balaban J connectivity index is 1.54. The first kappa shape index (κ1) is 26.3. The van der Waals surface area contributed by atoms with Crippen molar-refractivity contribution in [3.05, 3.63) is 98.0 Å². The highest BCUT2D eigenvalue weighted by molar-refractivity contribution is 6.35. The Labute approximate surface area is 232 Å². The second-order valence-electron chi connectivity index (χ2n) is 9.82. The summed E-state index contributed by atoms with van der Waals surface area (Å²) in [6.45, 7) is 0.262. The van der Waals surface area contributed by atoms with Gasteiger partial charge in [0.1, 0.15) is 18.2 Å². The number of anilines is 1. The Morgan fingerprint density at radius 2 is 1.84 bits per heavy atom. The first-order valence-electron chi connectivity index (χ1n) is 12.8. The largest absolute Gasteiger partial charge is 0.488 e. The lowest BCUT2D eigenvalue weighted by Crippen LogP contribution is -2.25. The third kappa shape index (κ3) is 5.71. The number of para-hydroxylation sites is 1. The summed E-state index contributed by atoms with van der Waals surface area (Å²) in [5.41, 5.74) is 3.10. The van der Waals surface area contributed by atoms with Crippen molar-refractivity contribution < 1.29 is 4.74 Å². The summed E-state index contributed by atoms with van der Waals surface area (Å²) in [7, 11) is 3.94. The van der Waals surface area contributed by atoms with Gasteiger partial charge in [-0.25, -0.2) is 4.98 Å². The first-order chi connectivity index (χ1) is 18.4. The quantitative estimate of drug-likeness (QED) is 0.228. The molecule has 5 rings (SSSR count). The number of fused-ring (bicyclic) bond motifs is 1. The van der Waals surface area contributed by atoms with E-state index in [2.05, 4.69) is 0 Å². The maximum Gasteiger partial charge on any atom is 0.282 e. The lowest BCUT2D eigenvalue weighted by Gasteiger charge is -2.22. The number of hydrogen-bond donors (Lipinski definition) is 0. The van der Waals surface area contributed by atoms with Gasteiger partial charge in [-0.2, -0.15) is 9.78 Å². The molecule has 6 nitrogen and oxygen atoms in total. The van der Waals surface area contributed by atoms with Crippen LogP contribution in [0.4, 0.5) is 5.69 Å². The smallest absolute Gasteiger partial charge is 0.282 e. The highest BCUT2D eigenvalue weighted by atomic mass is 35.5. The van der Waals surface area contributed by atoms with Crippen molar-refractivity contribution in [3.63, 3.8) is 0 Å². The zero-order chi connectivity index (χ0) is 26.6. The molecule has 1 aliphatic carbocycles. The van der Waals surface area contributed by atoms with Crippen molar-refractivity contribution >= 4 is 46.0 Å². The van der Waals surface area contributed by atoms with E-state index in [1.54, 1.807) is 24.4 Å². The minimum atomic E-state index is -0.159. The van der Waals surface area contributed by atoms with E-state index in [0.29, 0.717) is 26.7 Å². The van der Waals surface area contributed by atoms with E-state index >= 15 is 0 Å². The minimum absolute atomic E-state index is 0.159. The normalized spacial score (nSPS) is 14.3. The number of benzene rings is 3. The molecule has 0 spiro atoms. The highest BCUT2D eigenvalue weighted by Gasteiger charge is 2.22. The zero-order valence-electron chi connectivity index (χ0n) is 21.5. The van der Waals surface area contributed by atoms with Crippen molar-refractivity contribution in [1.29, 1.82) is 0 Å². The van der Waals surface area contributed by atoms with Gasteiger partial charge in [0.25, 0.3) is 5.56 Å². The molecule has 0 radical (unpaired) electrons. The molecule has 0 atom stereocenters. The standard InChI is InChI=1S/C30H30Cl2N4O2/c1-35(2)24-15-13-21(28(17-24)38-19-22-12-14-23(31)16-26(22)32)18-33-36-29(20-8-4-3-5-9-20)34-27-11-7-6-10-25(27)30(36)37/h6-7,10-18,20H,3-5,8-9,19H2,1-2H3. The predicted octanol–water partition coefficient (Wildman–Crippen LogP) is 7.28. The van der Waals surface area contributed by atoms with E-state index in [-0.39, 0.29) is 18.1 Å². The van der Waals surface area contributed by atoms with Crippen LogP contribution in [0.2, 0.25) is 10.0 Å². The van der Waals surface area contributed by atoms with Crippen LogP contribution in [0.25, 0.3) is 10.9 Å². The molecule has 1 aromatic heterocycles. The summed E-state index contributed by atoms with van der Waals surface area (Å²) >= 11 is 12.4. The van der Waals surface area contributed by atoms with E-state index in [0.717, 1.165) is 48.3 Å². The van der Waals surface area contributed by atoms with Crippen LogP contribution < -0.4 is 15.2 Å². The maximum atomic E-state index is 13.6. The van der Waals surface area contributed by atoms with Gasteiger partial charge in [-0.1, -0.05) is 60.7 Å². The molecule has 0 N–H and O–H groups in total. The summed E-state index contributed by atoms with van der Waals surface area (Å²) in [4.78, 5) is 20.5. The third-order valence-electron chi connectivity index (χ3n) is 6.97. The highest BCUT2D eigenvalue weighted by Crippen LogP contribution is 2.32. The lowest BCUT2D eigenvalue weighted by molar-refractivity contribution is 0.306. The molecule has 0 saturated heterocycles. The van der Waals surface area contributed by atoms with Crippen molar-refractivity contribution in [3.8, 4) is 5.75 Å². The molecule has 0 aliphatic heterocycles. The topological polar surface area (TPSA) is 59.7 Å². The molecule has 0 unspecified atom stereocenters. The molecule has 4 aromatic rings. The van der Waals surface area contributed by atoms with Gasteiger partial charge in [0.2, 0.25) is 0 Å².